The van der Waals surface area contributed by atoms with Gasteiger partial charge in [0.15, 0.2) is 0 Å². The Hall–Kier alpha value is -2.76. The minimum Gasteiger partial charge on any atom is -0.508 e. The normalized spacial score (nSPS) is 10.9. The van der Waals surface area contributed by atoms with Gasteiger partial charge in [-0.2, -0.15) is 0 Å². The van der Waals surface area contributed by atoms with Gasteiger partial charge in [-0.05, 0) is 12.2 Å². The third-order valence-electron chi connectivity index (χ3n) is 2.14. The maximum absolute atomic E-state index is 11.1. The van der Waals surface area contributed by atoms with Gasteiger partial charge in [0.05, 0.1) is 0 Å². The van der Waals surface area contributed by atoms with Gasteiger partial charge in [-0.15, -0.1) is 0 Å². The van der Waals surface area contributed by atoms with Crippen molar-refractivity contribution in [2.45, 2.75) is 0 Å². The molecule has 2 aromatic rings. The molecule has 2 heterocycles. The van der Waals surface area contributed by atoms with Crippen molar-refractivity contribution in [2.24, 2.45) is 0 Å². The summed E-state index contributed by atoms with van der Waals surface area (Å²) in [6.07, 6.45) is 2.98. The fourth-order valence-corrected chi connectivity index (χ4v) is 1.46. The van der Waals surface area contributed by atoms with Crippen molar-refractivity contribution >= 4 is 12.2 Å². The van der Waals surface area contributed by atoms with Crippen LogP contribution in [0.3, 0.4) is 0 Å². The van der Waals surface area contributed by atoms with Gasteiger partial charge in [0.1, 0.15) is 11.5 Å². The van der Waals surface area contributed by atoms with E-state index in [0.29, 0.717) is 11.4 Å². The number of hydrogen-bond donors (Lipinski definition) is 4. The zero-order valence-corrected chi connectivity index (χ0v) is 9.18. The van der Waals surface area contributed by atoms with Crippen molar-refractivity contribution in [3.63, 3.8) is 0 Å². The third-order valence-corrected chi connectivity index (χ3v) is 2.14. The van der Waals surface area contributed by atoms with E-state index in [9.17, 15) is 19.8 Å². The molecule has 6 heteroatoms. The van der Waals surface area contributed by atoms with E-state index < -0.39 is 11.1 Å². The lowest BCUT2D eigenvalue weighted by atomic mass is 10.2. The Bertz CT molecular complexity index is 651. The molecule has 0 bridgehead atoms. The van der Waals surface area contributed by atoms with Gasteiger partial charge in [-0.25, -0.2) is 0 Å². The minimum atomic E-state index is -0.431. The first-order valence-corrected chi connectivity index (χ1v) is 5.08. The van der Waals surface area contributed by atoms with Gasteiger partial charge in [-0.1, -0.05) is 0 Å². The molecule has 0 saturated carbocycles. The van der Waals surface area contributed by atoms with Crippen LogP contribution in [0, 0.1) is 0 Å². The first kappa shape index (κ1) is 11.7. The van der Waals surface area contributed by atoms with Gasteiger partial charge >= 0.3 is 0 Å². The predicted octanol–water partition coefficient (Wildman–Crippen LogP) is 0.645. The third kappa shape index (κ3) is 2.88. The van der Waals surface area contributed by atoms with Crippen LogP contribution < -0.4 is 11.1 Å². The highest BCUT2D eigenvalue weighted by molar-refractivity contribution is 5.67. The summed E-state index contributed by atoms with van der Waals surface area (Å²) in [4.78, 5) is 27.1. The second kappa shape index (κ2) is 4.62. The summed E-state index contributed by atoms with van der Waals surface area (Å²) in [6.45, 7) is 0. The lowest BCUT2D eigenvalue weighted by Gasteiger charge is -1.97. The molecule has 0 saturated heterocycles. The summed E-state index contributed by atoms with van der Waals surface area (Å²) in [5, 5.41) is 18.5. The summed E-state index contributed by atoms with van der Waals surface area (Å²) >= 11 is 0. The molecular formula is C12H10N2O4. The quantitative estimate of drug-likeness (QED) is 0.624. The van der Waals surface area contributed by atoms with Crippen molar-refractivity contribution in [3.05, 3.63) is 56.4 Å². The summed E-state index contributed by atoms with van der Waals surface area (Å²) < 4.78 is 0. The second-order valence-electron chi connectivity index (χ2n) is 3.65. The van der Waals surface area contributed by atoms with Crippen molar-refractivity contribution in [1.82, 2.24) is 9.97 Å². The molecule has 92 valence electrons. The smallest absolute Gasteiger partial charge is 0.252 e. The molecule has 0 aliphatic carbocycles. The zero-order valence-electron chi connectivity index (χ0n) is 9.18. The SMILES string of the molecule is O=c1cc(O)cc(/C=C/c2cc(O)cc(=O)[nH]2)[nH]1. The Morgan fingerprint density at radius 2 is 1.17 bits per heavy atom. The van der Waals surface area contributed by atoms with Gasteiger partial charge in [0.2, 0.25) is 0 Å². The minimum absolute atomic E-state index is 0.150. The van der Waals surface area contributed by atoms with Crippen LogP contribution in [0.5, 0.6) is 11.5 Å². The van der Waals surface area contributed by atoms with E-state index in [0.717, 1.165) is 12.1 Å². The highest BCUT2D eigenvalue weighted by Crippen LogP contribution is 2.10. The molecule has 0 aromatic carbocycles. The monoisotopic (exact) mass is 246 g/mol. The summed E-state index contributed by atoms with van der Waals surface area (Å²) in [5.74, 6) is -0.300. The number of nitrogens with one attached hydrogen (secondary N) is 2. The summed E-state index contributed by atoms with van der Waals surface area (Å²) in [6, 6.07) is 4.82. The maximum Gasteiger partial charge on any atom is 0.252 e. The Labute approximate surface area is 101 Å². The molecule has 18 heavy (non-hydrogen) atoms. The van der Waals surface area contributed by atoms with Crippen LogP contribution in [-0.4, -0.2) is 20.2 Å². The number of rotatable bonds is 2. The standard InChI is InChI=1S/C12H10N2O4/c15-9-3-7(13-11(17)5-9)1-2-8-4-10(16)6-12(18)14-8/h1-6H,(H2,13,15,17)(H2,14,16,18)/b2-1+. The van der Waals surface area contributed by atoms with Crippen LogP contribution in [0.15, 0.2) is 33.9 Å². The largest absolute Gasteiger partial charge is 0.508 e. The van der Waals surface area contributed by atoms with E-state index in [2.05, 4.69) is 9.97 Å². The molecule has 6 nitrogen and oxygen atoms in total. The zero-order chi connectivity index (χ0) is 13.1. The van der Waals surface area contributed by atoms with Crippen LogP contribution >= 0.6 is 0 Å². The molecule has 0 spiro atoms. The number of H-pyrrole nitrogens is 2. The van der Waals surface area contributed by atoms with E-state index in [1.807, 2.05) is 0 Å². The molecule has 0 aliphatic rings. The van der Waals surface area contributed by atoms with E-state index in [-0.39, 0.29) is 11.5 Å². The lowest BCUT2D eigenvalue weighted by molar-refractivity contribution is 0.473. The molecule has 0 aliphatic heterocycles. The number of aromatic amines is 2. The topological polar surface area (TPSA) is 106 Å². The summed E-state index contributed by atoms with van der Waals surface area (Å²) in [7, 11) is 0. The molecule has 0 atom stereocenters. The highest BCUT2D eigenvalue weighted by Gasteiger charge is 1.96. The van der Waals surface area contributed by atoms with E-state index >= 15 is 0 Å². The first-order chi connectivity index (χ1) is 8.52. The van der Waals surface area contributed by atoms with Crippen molar-refractivity contribution in [2.75, 3.05) is 0 Å². The predicted molar refractivity (Wildman–Crippen MR) is 66.4 cm³/mol. The first-order valence-electron chi connectivity index (χ1n) is 5.08. The van der Waals surface area contributed by atoms with Crippen LogP contribution in [0.2, 0.25) is 0 Å². The average molecular weight is 246 g/mol. The van der Waals surface area contributed by atoms with Gasteiger partial charge in [0, 0.05) is 35.7 Å². The molecule has 0 amide bonds. The van der Waals surface area contributed by atoms with Crippen LogP contribution in [0.1, 0.15) is 11.4 Å². The maximum atomic E-state index is 11.1. The molecule has 2 aromatic heterocycles. The van der Waals surface area contributed by atoms with Crippen molar-refractivity contribution in [3.8, 4) is 11.5 Å². The fraction of sp³-hybridized carbons (Fsp3) is 0. The fourth-order valence-electron chi connectivity index (χ4n) is 1.46. The van der Waals surface area contributed by atoms with Gasteiger partial charge in [0.25, 0.3) is 11.1 Å². The van der Waals surface area contributed by atoms with Crippen LogP contribution in [-0.2, 0) is 0 Å². The van der Waals surface area contributed by atoms with E-state index in [1.54, 1.807) is 0 Å². The Morgan fingerprint density at radius 1 is 0.778 bits per heavy atom. The highest BCUT2D eigenvalue weighted by atomic mass is 16.3. The molecular weight excluding hydrogens is 236 g/mol. The van der Waals surface area contributed by atoms with Crippen LogP contribution in [0.25, 0.3) is 12.2 Å². The van der Waals surface area contributed by atoms with Gasteiger partial charge in [-0.3, -0.25) is 9.59 Å². The van der Waals surface area contributed by atoms with E-state index in [1.165, 1.54) is 24.3 Å². The van der Waals surface area contributed by atoms with Gasteiger partial charge < -0.3 is 20.2 Å². The van der Waals surface area contributed by atoms with Crippen molar-refractivity contribution < 1.29 is 10.2 Å². The van der Waals surface area contributed by atoms with Crippen molar-refractivity contribution in [1.29, 1.82) is 0 Å². The number of hydrogen-bond acceptors (Lipinski definition) is 4. The number of aromatic nitrogens is 2. The molecule has 0 fully saturated rings. The molecule has 2 rings (SSSR count). The Kier molecular flexibility index (Phi) is 3.01. The Morgan fingerprint density at radius 3 is 1.50 bits per heavy atom. The Balaban J connectivity index is 2.35. The second-order valence-corrected chi connectivity index (χ2v) is 3.65. The molecule has 0 unspecified atom stereocenters. The van der Waals surface area contributed by atoms with E-state index in [4.69, 9.17) is 0 Å². The lowest BCUT2D eigenvalue weighted by Crippen LogP contribution is -2.05. The molecule has 4 N–H and O–H groups in total. The van der Waals surface area contributed by atoms with Crippen LogP contribution in [0.4, 0.5) is 0 Å². The average Bonchev–Trinajstić information content (AvgIpc) is 2.23. The number of aromatic hydroxyl groups is 2. The number of pyridine rings is 2. The summed E-state index contributed by atoms with van der Waals surface area (Å²) in [5.41, 5.74) is -0.105. The molecule has 0 radical (unpaired) electrons.